The zero-order valence-electron chi connectivity index (χ0n) is 17.2. The van der Waals surface area contributed by atoms with Crippen molar-refractivity contribution in [1.82, 2.24) is 4.90 Å². The number of rotatable bonds is 6. The fourth-order valence-electron chi connectivity index (χ4n) is 3.51. The van der Waals surface area contributed by atoms with Crippen molar-refractivity contribution in [2.45, 2.75) is 26.5 Å². The summed E-state index contributed by atoms with van der Waals surface area (Å²) in [4.78, 5) is 19.3. The number of nitrogens with zero attached hydrogens (tertiary/aromatic N) is 3. The number of carbonyl (C=O) groups excluding carboxylic acids is 1. The van der Waals surface area contributed by atoms with Crippen LogP contribution in [0.15, 0.2) is 76.4 Å². The Balaban J connectivity index is 1.61. The minimum Gasteiger partial charge on any atom is -0.489 e. The molecule has 0 saturated carbocycles. The van der Waals surface area contributed by atoms with E-state index in [-0.39, 0.29) is 12.0 Å². The number of allylic oxidation sites excluding steroid dienone is 1. The fraction of sp³-hybridized carbons (Fsp3) is 0.208. The van der Waals surface area contributed by atoms with Crippen molar-refractivity contribution >= 4 is 22.9 Å². The summed E-state index contributed by atoms with van der Waals surface area (Å²) in [6, 6.07) is 16.8. The molecule has 2 heterocycles. The van der Waals surface area contributed by atoms with Gasteiger partial charge in [-0.2, -0.15) is 5.26 Å². The van der Waals surface area contributed by atoms with Crippen LogP contribution in [0.25, 0.3) is 0 Å². The van der Waals surface area contributed by atoms with Gasteiger partial charge in [0.25, 0.3) is 0 Å². The third-order valence-electron chi connectivity index (χ3n) is 4.98. The monoisotopic (exact) mass is 431 g/mol. The molecule has 31 heavy (non-hydrogen) atoms. The zero-order chi connectivity index (χ0) is 21.8. The van der Waals surface area contributed by atoms with E-state index >= 15 is 0 Å². The van der Waals surface area contributed by atoms with E-state index in [1.165, 1.54) is 11.8 Å². The Morgan fingerprint density at radius 2 is 2.06 bits per heavy atom. The highest BCUT2D eigenvalue weighted by atomic mass is 32.2. The molecule has 0 aromatic heterocycles. The summed E-state index contributed by atoms with van der Waals surface area (Å²) in [5, 5.41) is 11.7. The number of thioether (sulfide) groups is 1. The van der Waals surface area contributed by atoms with Crippen LogP contribution in [0.3, 0.4) is 0 Å². The summed E-state index contributed by atoms with van der Waals surface area (Å²) in [6.07, 6.45) is 1.93. The van der Waals surface area contributed by atoms with E-state index in [1.54, 1.807) is 19.1 Å². The summed E-state index contributed by atoms with van der Waals surface area (Å²) >= 11 is 1.53. The van der Waals surface area contributed by atoms with Gasteiger partial charge in [0.15, 0.2) is 5.17 Å². The lowest BCUT2D eigenvalue weighted by Gasteiger charge is -2.33. The lowest BCUT2D eigenvalue weighted by molar-refractivity contribution is -0.139. The highest BCUT2D eigenvalue weighted by Gasteiger charge is 2.37. The number of hydrogen-bond donors (Lipinski definition) is 0. The van der Waals surface area contributed by atoms with Crippen molar-refractivity contribution in [2.75, 3.05) is 6.61 Å². The Labute approximate surface area is 185 Å². The summed E-state index contributed by atoms with van der Waals surface area (Å²) < 4.78 is 11.3. The van der Waals surface area contributed by atoms with Gasteiger partial charge in [-0.05, 0) is 54.6 Å². The molecule has 6 nitrogen and oxygen atoms in total. The van der Waals surface area contributed by atoms with Gasteiger partial charge in [-0.1, -0.05) is 36.0 Å². The van der Waals surface area contributed by atoms with E-state index in [0.717, 1.165) is 16.3 Å². The summed E-state index contributed by atoms with van der Waals surface area (Å²) in [6.45, 7) is 4.32. The fourth-order valence-corrected chi connectivity index (χ4v) is 4.31. The smallest absolute Gasteiger partial charge is 0.338 e. The van der Waals surface area contributed by atoms with Gasteiger partial charge >= 0.3 is 5.97 Å². The molecule has 1 atom stereocenters. The topological polar surface area (TPSA) is 74.9 Å². The molecule has 2 aliphatic rings. The third-order valence-corrected chi connectivity index (χ3v) is 5.75. The highest BCUT2D eigenvalue weighted by molar-refractivity contribution is 8.16. The highest BCUT2D eigenvalue weighted by Crippen LogP contribution is 2.41. The minimum atomic E-state index is -0.359. The van der Waals surface area contributed by atoms with E-state index in [1.807, 2.05) is 59.8 Å². The molecule has 2 aromatic carbocycles. The van der Waals surface area contributed by atoms with Crippen LogP contribution in [0.1, 0.15) is 36.6 Å². The molecule has 156 valence electrons. The second-order valence-electron chi connectivity index (χ2n) is 7.00. The van der Waals surface area contributed by atoms with Gasteiger partial charge in [-0.3, -0.25) is 0 Å². The molecule has 4 rings (SSSR count). The van der Waals surface area contributed by atoms with Crippen LogP contribution in [0.4, 0.5) is 0 Å². The Morgan fingerprint density at radius 1 is 1.26 bits per heavy atom. The maximum absolute atomic E-state index is 12.8. The van der Waals surface area contributed by atoms with Gasteiger partial charge in [-0.15, -0.1) is 0 Å². The van der Waals surface area contributed by atoms with Crippen molar-refractivity contribution in [1.29, 1.82) is 5.26 Å². The molecule has 0 saturated heterocycles. The first-order valence-corrected chi connectivity index (χ1v) is 10.8. The van der Waals surface area contributed by atoms with Crippen molar-refractivity contribution < 1.29 is 14.3 Å². The second-order valence-corrected chi connectivity index (χ2v) is 7.87. The van der Waals surface area contributed by atoms with Gasteiger partial charge in [0.1, 0.15) is 12.4 Å². The minimum absolute atomic E-state index is 0.303. The first-order valence-electron chi connectivity index (χ1n) is 9.90. The number of amidine groups is 1. The lowest BCUT2D eigenvalue weighted by atomic mass is 9.94. The van der Waals surface area contributed by atoms with E-state index < -0.39 is 0 Å². The van der Waals surface area contributed by atoms with E-state index in [2.05, 4.69) is 11.1 Å². The maximum Gasteiger partial charge on any atom is 0.338 e. The Morgan fingerprint density at radius 3 is 2.81 bits per heavy atom. The first-order chi connectivity index (χ1) is 15.1. The first kappa shape index (κ1) is 20.8. The molecule has 0 N–H and O–H groups in total. The third kappa shape index (κ3) is 4.35. The summed E-state index contributed by atoms with van der Waals surface area (Å²) in [5.74, 6) is 0.338. The molecule has 0 aliphatic carbocycles. The van der Waals surface area contributed by atoms with Crippen LogP contribution in [-0.2, 0) is 16.1 Å². The normalized spacial score (nSPS) is 17.1. The maximum atomic E-state index is 12.8. The van der Waals surface area contributed by atoms with Crippen molar-refractivity contribution in [3.05, 3.63) is 88.1 Å². The molecule has 0 amide bonds. The molecule has 0 bridgehead atoms. The quantitative estimate of drug-likeness (QED) is 0.605. The van der Waals surface area contributed by atoms with Crippen molar-refractivity contribution in [3.8, 4) is 11.8 Å². The Hall–Kier alpha value is -3.50. The van der Waals surface area contributed by atoms with Gasteiger partial charge in [0.2, 0.25) is 0 Å². The van der Waals surface area contributed by atoms with Gasteiger partial charge < -0.3 is 14.4 Å². The average molecular weight is 432 g/mol. The predicted molar refractivity (Wildman–Crippen MR) is 120 cm³/mol. The SMILES string of the molecule is CCOC(=O)C1=C(C)N=C2SC=CN2C1c1cccc(OCc2ccc(C#N)cc2)c1. The van der Waals surface area contributed by atoms with Gasteiger partial charge in [0, 0.05) is 6.20 Å². The molecule has 0 radical (unpaired) electrons. The molecular weight excluding hydrogens is 410 g/mol. The predicted octanol–water partition coefficient (Wildman–Crippen LogP) is 4.91. The summed E-state index contributed by atoms with van der Waals surface area (Å²) in [5.41, 5.74) is 3.69. The van der Waals surface area contributed by atoms with Crippen molar-refractivity contribution in [2.24, 2.45) is 4.99 Å². The van der Waals surface area contributed by atoms with E-state index in [4.69, 9.17) is 14.7 Å². The molecular formula is C24H21N3O3S. The number of ether oxygens (including phenoxy) is 2. The van der Waals surface area contributed by atoms with E-state index in [9.17, 15) is 4.79 Å². The molecule has 2 aliphatic heterocycles. The molecule has 2 aromatic rings. The van der Waals surface area contributed by atoms with Gasteiger partial charge in [0.05, 0.1) is 35.6 Å². The molecule has 1 unspecified atom stereocenters. The van der Waals surface area contributed by atoms with Crippen LogP contribution < -0.4 is 4.74 Å². The van der Waals surface area contributed by atoms with Crippen LogP contribution in [0.5, 0.6) is 5.75 Å². The number of benzene rings is 2. The van der Waals surface area contributed by atoms with Crippen LogP contribution in [-0.4, -0.2) is 22.6 Å². The zero-order valence-corrected chi connectivity index (χ0v) is 18.1. The number of aliphatic imine (C=N–C) groups is 1. The molecule has 0 spiro atoms. The number of hydrogen-bond acceptors (Lipinski definition) is 7. The Bertz CT molecular complexity index is 1130. The number of carbonyl (C=O) groups is 1. The number of esters is 1. The number of nitriles is 1. The van der Waals surface area contributed by atoms with Crippen LogP contribution in [0, 0.1) is 11.3 Å². The summed E-state index contributed by atoms with van der Waals surface area (Å²) in [7, 11) is 0. The van der Waals surface area contributed by atoms with Crippen molar-refractivity contribution in [3.63, 3.8) is 0 Å². The molecule has 7 heteroatoms. The largest absolute Gasteiger partial charge is 0.489 e. The van der Waals surface area contributed by atoms with E-state index in [0.29, 0.717) is 35.8 Å². The number of fused-ring (bicyclic) bond motifs is 1. The standard InChI is InChI=1S/C24H21N3O3S/c1-3-29-23(28)21-16(2)26-24-27(11-12-31-24)22(21)19-5-4-6-20(13-19)30-15-18-9-7-17(14-25)8-10-18/h4-13,22H,3,15H2,1-2H3. The van der Waals surface area contributed by atoms with Gasteiger partial charge in [-0.25, -0.2) is 9.79 Å². The second kappa shape index (κ2) is 9.11. The average Bonchev–Trinajstić information content (AvgIpc) is 3.25. The van der Waals surface area contributed by atoms with Crippen LogP contribution >= 0.6 is 11.8 Å². The Kier molecular flexibility index (Phi) is 6.10. The van der Waals surface area contributed by atoms with Crippen LogP contribution in [0.2, 0.25) is 0 Å². The molecule has 0 fully saturated rings. The lowest BCUT2D eigenvalue weighted by Crippen LogP contribution is -2.34.